The quantitative estimate of drug-likeness (QED) is 0.362. The van der Waals surface area contributed by atoms with Crippen LogP contribution in [0, 0.1) is 0 Å². The predicted molar refractivity (Wildman–Crippen MR) is 78.8 cm³/mol. The maximum atomic E-state index is 12.6. The maximum Gasteiger partial charge on any atom is 0.416 e. The molecule has 0 atom stereocenters. The summed E-state index contributed by atoms with van der Waals surface area (Å²) in [6, 6.07) is 4.34. The number of thioether (sulfide) groups is 1. The minimum absolute atomic E-state index is 0.0453. The van der Waals surface area contributed by atoms with Crippen molar-refractivity contribution in [3.63, 3.8) is 0 Å². The van der Waals surface area contributed by atoms with Crippen molar-refractivity contribution < 1.29 is 18.0 Å². The predicted octanol–water partition coefficient (Wildman–Crippen LogP) is 1.03. The highest BCUT2D eigenvalue weighted by Gasteiger charge is 2.30. The Morgan fingerprint density at radius 2 is 2.09 bits per heavy atom. The molecular weight excluding hydrogens is 335 g/mol. The summed E-state index contributed by atoms with van der Waals surface area (Å²) in [4.78, 5) is 11.8. The Morgan fingerprint density at radius 3 is 2.70 bits per heavy atom. The van der Waals surface area contributed by atoms with Crippen LogP contribution in [0.1, 0.15) is 5.56 Å². The van der Waals surface area contributed by atoms with E-state index in [1.165, 1.54) is 12.1 Å². The summed E-state index contributed by atoms with van der Waals surface area (Å²) in [7, 11) is 0. The molecule has 8 nitrogen and oxygen atoms in total. The fourth-order valence-corrected chi connectivity index (χ4v) is 2.23. The number of carbonyl (C=O) groups is 1. The van der Waals surface area contributed by atoms with E-state index in [0.717, 1.165) is 28.6 Å². The van der Waals surface area contributed by atoms with Gasteiger partial charge in [-0.05, 0) is 18.2 Å². The maximum absolute atomic E-state index is 12.6. The second kappa shape index (κ2) is 6.75. The number of rotatable bonds is 5. The van der Waals surface area contributed by atoms with E-state index < -0.39 is 17.6 Å². The molecule has 23 heavy (non-hydrogen) atoms. The van der Waals surface area contributed by atoms with Gasteiger partial charge in [0.15, 0.2) is 0 Å². The molecule has 6 N–H and O–H groups in total. The lowest BCUT2D eigenvalue weighted by atomic mass is 10.2. The molecule has 0 aliphatic carbocycles. The van der Waals surface area contributed by atoms with Crippen LogP contribution in [0.25, 0.3) is 0 Å². The molecule has 1 aromatic carbocycles. The number of carbonyl (C=O) groups excluding carboxylic acids is 1. The first-order valence-electron chi connectivity index (χ1n) is 6.08. The smallest absolute Gasteiger partial charge is 0.334 e. The second-order valence-electron chi connectivity index (χ2n) is 4.24. The number of anilines is 2. The van der Waals surface area contributed by atoms with Gasteiger partial charge in [-0.1, -0.05) is 17.8 Å². The van der Waals surface area contributed by atoms with Crippen LogP contribution in [0.3, 0.4) is 0 Å². The average molecular weight is 347 g/mol. The largest absolute Gasteiger partial charge is 0.416 e. The summed E-state index contributed by atoms with van der Waals surface area (Å²) >= 11 is 0.955. The molecular formula is C11H12F3N7OS. The van der Waals surface area contributed by atoms with E-state index in [9.17, 15) is 18.0 Å². The molecule has 1 aromatic heterocycles. The van der Waals surface area contributed by atoms with E-state index >= 15 is 0 Å². The molecule has 0 aliphatic heterocycles. The second-order valence-corrected chi connectivity index (χ2v) is 5.18. The number of benzene rings is 1. The summed E-state index contributed by atoms with van der Waals surface area (Å²) in [5.41, 5.74) is 1.41. The summed E-state index contributed by atoms with van der Waals surface area (Å²) in [6.45, 7) is 0. The fourth-order valence-electron chi connectivity index (χ4n) is 1.57. The third-order valence-corrected chi connectivity index (χ3v) is 3.54. The van der Waals surface area contributed by atoms with Crippen LogP contribution in [0.2, 0.25) is 0 Å². The number of alkyl halides is 3. The van der Waals surface area contributed by atoms with E-state index in [4.69, 9.17) is 11.7 Å². The normalized spacial score (nSPS) is 11.3. The molecule has 0 saturated carbocycles. The number of hydrogen-bond acceptors (Lipinski definition) is 7. The number of nitrogens with one attached hydrogen (secondary N) is 2. The molecule has 0 saturated heterocycles. The van der Waals surface area contributed by atoms with Gasteiger partial charge in [0.1, 0.15) is 0 Å². The first kappa shape index (κ1) is 16.9. The first-order chi connectivity index (χ1) is 10.8. The highest BCUT2D eigenvalue weighted by molar-refractivity contribution is 7.99. The fraction of sp³-hybridized carbons (Fsp3) is 0.182. The standard InChI is InChI=1S/C11H12F3N7OS/c12-11(13,14)6-2-1-3-7(4-6)17-8(22)5-23-10-20-19-9(18-15)21(10)16/h1-4H,5,15-16H2,(H,17,22)(H,18,19). The zero-order valence-electron chi connectivity index (χ0n) is 11.5. The molecule has 124 valence electrons. The van der Waals surface area contributed by atoms with Crippen LogP contribution in [-0.4, -0.2) is 26.5 Å². The third kappa shape index (κ3) is 4.26. The summed E-state index contributed by atoms with van der Waals surface area (Å²) < 4.78 is 38.8. The number of halogens is 3. The lowest BCUT2D eigenvalue weighted by Gasteiger charge is -2.09. The lowest BCUT2D eigenvalue weighted by Crippen LogP contribution is -2.19. The minimum Gasteiger partial charge on any atom is -0.334 e. The summed E-state index contributed by atoms with van der Waals surface area (Å²) in [6.07, 6.45) is -4.48. The number of aromatic nitrogens is 3. The van der Waals surface area contributed by atoms with Crippen molar-refractivity contribution in [1.29, 1.82) is 0 Å². The number of amides is 1. The van der Waals surface area contributed by atoms with Gasteiger partial charge in [-0.15, -0.1) is 10.2 Å². The average Bonchev–Trinajstić information content (AvgIpc) is 2.85. The van der Waals surface area contributed by atoms with Gasteiger partial charge in [0.05, 0.1) is 11.3 Å². The lowest BCUT2D eigenvalue weighted by molar-refractivity contribution is -0.137. The Balaban J connectivity index is 1.96. The molecule has 0 aliphatic rings. The van der Waals surface area contributed by atoms with Crippen LogP contribution < -0.4 is 22.4 Å². The van der Waals surface area contributed by atoms with Crippen LogP contribution in [-0.2, 0) is 11.0 Å². The SMILES string of the molecule is NNc1nnc(SCC(=O)Nc2cccc(C(F)(F)F)c2)n1N. The van der Waals surface area contributed by atoms with Gasteiger partial charge >= 0.3 is 6.18 Å². The highest BCUT2D eigenvalue weighted by atomic mass is 32.2. The van der Waals surface area contributed by atoms with Gasteiger partial charge < -0.3 is 11.2 Å². The number of hydrogen-bond donors (Lipinski definition) is 4. The topological polar surface area (TPSA) is 124 Å². The molecule has 1 heterocycles. The Labute approximate surface area is 132 Å². The summed E-state index contributed by atoms with van der Waals surface area (Å²) in [5.74, 6) is 10.2. The highest BCUT2D eigenvalue weighted by Crippen LogP contribution is 2.30. The zero-order valence-corrected chi connectivity index (χ0v) is 12.3. The van der Waals surface area contributed by atoms with Gasteiger partial charge in [-0.3, -0.25) is 10.2 Å². The zero-order chi connectivity index (χ0) is 17.0. The van der Waals surface area contributed by atoms with Gasteiger partial charge in [-0.25, -0.2) is 10.5 Å². The van der Waals surface area contributed by atoms with Crippen molar-refractivity contribution in [3.05, 3.63) is 29.8 Å². The van der Waals surface area contributed by atoms with Crippen molar-refractivity contribution in [1.82, 2.24) is 14.9 Å². The third-order valence-electron chi connectivity index (χ3n) is 2.60. The monoisotopic (exact) mass is 347 g/mol. The van der Waals surface area contributed by atoms with E-state index in [1.54, 1.807) is 0 Å². The van der Waals surface area contributed by atoms with Crippen LogP contribution >= 0.6 is 11.8 Å². The number of hydrazine groups is 1. The molecule has 0 radical (unpaired) electrons. The van der Waals surface area contributed by atoms with Crippen molar-refractivity contribution in [2.75, 3.05) is 22.3 Å². The first-order valence-corrected chi connectivity index (χ1v) is 7.07. The molecule has 1 amide bonds. The van der Waals surface area contributed by atoms with Crippen molar-refractivity contribution >= 4 is 29.3 Å². The van der Waals surface area contributed by atoms with Gasteiger partial charge in [0, 0.05) is 5.69 Å². The van der Waals surface area contributed by atoms with E-state index in [-0.39, 0.29) is 22.5 Å². The molecule has 2 aromatic rings. The van der Waals surface area contributed by atoms with Crippen molar-refractivity contribution in [2.45, 2.75) is 11.3 Å². The van der Waals surface area contributed by atoms with Crippen LogP contribution in [0.5, 0.6) is 0 Å². The minimum atomic E-state index is -4.48. The Kier molecular flexibility index (Phi) is 4.95. The molecule has 0 unspecified atom stereocenters. The number of nitrogens with two attached hydrogens (primary N) is 2. The van der Waals surface area contributed by atoms with E-state index in [1.807, 2.05) is 0 Å². The molecule has 0 fully saturated rings. The van der Waals surface area contributed by atoms with Crippen molar-refractivity contribution in [3.8, 4) is 0 Å². The van der Waals surface area contributed by atoms with Gasteiger partial charge in [0.25, 0.3) is 5.95 Å². The molecule has 2 rings (SSSR count). The van der Waals surface area contributed by atoms with Crippen molar-refractivity contribution in [2.24, 2.45) is 5.84 Å². The van der Waals surface area contributed by atoms with Crippen LogP contribution in [0.15, 0.2) is 29.4 Å². The van der Waals surface area contributed by atoms with Crippen LogP contribution in [0.4, 0.5) is 24.8 Å². The molecule has 12 heteroatoms. The number of nitrogens with zero attached hydrogens (tertiary/aromatic N) is 3. The number of nitrogen functional groups attached to an aromatic ring is 2. The van der Waals surface area contributed by atoms with Gasteiger partial charge in [0.2, 0.25) is 11.1 Å². The Hall–Kier alpha value is -2.47. The Morgan fingerprint density at radius 1 is 1.35 bits per heavy atom. The Bertz CT molecular complexity index is 703. The molecule has 0 bridgehead atoms. The molecule has 0 spiro atoms. The van der Waals surface area contributed by atoms with E-state index in [2.05, 4.69) is 20.9 Å². The van der Waals surface area contributed by atoms with E-state index in [0.29, 0.717) is 0 Å². The summed E-state index contributed by atoms with van der Waals surface area (Å²) in [5, 5.41) is 9.89. The van der Waals surface area contributed by atoms with Gasteiger partial charge in [-0.2, -0.15) is 13.2 Å².